The second-order valence-electron chi connectivity index (χ2n) is 3.65. The molecular weight excluding hydrogens is 296 g/mol. The summed E-state index contributed by atoms with van der Waals surface area (Å²) < 4.78 is 26.7. The molecule has 8 heteroatoms. The number of carbonyl (C=O) groups is 1. The van der Waals surface area contributed by atoms with Crippen molar-refractivity contribution in [2.45, 2.75) is 24.0 Å². The Morgan fingerprint density at radius 3 is 2.56 bits per heavy atom. The largest absolute Gasteiger partial charge is 0.356 e. The van der Waals surface area contributed by atoms with E-state index in [1.807, 2.05) is 0 Å². The molecule has 0 atom stereocenters. The van der Waals surface area contributed by atoms with Crippen LogP contribution in [0.25, 0.3) is 0 Å². The molecule has 1 rings (SSSR count). The molecule has 2 N–H and O–H groups in total. The molecule has 0 saturated carbocycles. The molecule has 1 aromatic rings. The van der Waals surface area contributed by atoms with Gasteiger partial charge in [-0.05, 0) is 25.0 Å². The number of thiophene rings is 1. The molecule has 0 fully saturated rings. The minimum Gasteiger partial charge on any atom is -0.356 e. The van der Waals surface area contributed by atoms with Crippen molar-refractivity contribution >= 4 is 38.9 Å². The van der Waals surface area contributed by atoms with Gasteiger partial charge in [-0.15, -0.1) is 11.3 Å². The van der Waals surface area contributed by atoms with Gasteiger partial charge in [0.2, 0.25) is 15.9 Å². The minimum absolute atomic E-state index is 0.0798. The molecule has 0 unspecified atom stereocenters. The third-order valence-electron chi connectivity index (χ3n) is 2.08. The molecule has 0 radical (unpaired) electrons. The maximum Gasteiger partial charge on any atom is 0.250 e. The average Bonchev–Trinajstić information content (AvgIpc) is 2.70. The number of carbonyl (C=O) groups excluding carboxylic acids is 1. The lowest BCUT2D eigenvalue weighted by molar-refractivity contribution is -0.118. The molecule has 0 aromatic carbocycles. The van der Waals surface area contributed by atoms with Gasteiger partial charge in [0.15, 0.2) is 0 Å². The topological polar surface area (TPSA) is 75.3 Å². The van der Waals surface area contributed by atoms with Crippen LogP contribution in [0.4, 0.5) is 0 Å². The number of nitrogens with one attached hydrogen (secondary N) is 2. The molecule has 0 aliphatic carbocycles. The molecule has 0 bridgehead atoms. The zero-order chi connectivity index (χ0) is 13.6. The summed E-state index contributed by atoms with van der Waals surface area (Å²) in [5, 5.41) is 2.65. The predicted molar refractivity (Wildman–Crippen MR) is 72.4 cm³/mol. The van der Waals surface area contributed by atoms with Gasteiger partial charge >= 0.3 is 0 Å². The van der Waals surface area contributed by atoms with E-state index in [-0.39, 0.29) is 10.1 Å². The summed E-state index contributed by atoms with van der Waals surface area (Å²) in [5.41, 5.74) is 0. The number of rotatable bonds is 7. The fourth-order valence-electron chi connectivity index (χ4n) is 1.23. The Bertz CT molecular complexity index is 499. The Labute approximate surface area is 116 Å². The van der Waals surface area contributed by atoms with Crippen molar-refractivity contribution in [1.29, 1.82) is 0 Å². The van der Waals surface area contributed by atoms with Crippen LogP contribution < -0.4 is 10.0 Å². The highest BCUT2D eigenvalue weighted by Crippen LogP contribution is 2.25. The van der Waals surface area contributed by atoms with Crippen molar-refractivity contribution in [1.82, 2.24) is 10.0 Å². The molecule has 18 heavy (non-hydrogen) atoms. The lowest BCUT2D eigenvalue weighted by Gasteiger charge is -2.05. The number of amides is 1. The molecule has 5 nitrogen and oxygen atoms in total. The Hall–Kier alpha value is -0.630. The minimum atomic E-state index is -3.45. The van der Waals surface area contributed by atoms with E-state index >= 15 is 0 Å². The lowest BCUT2D eigenvalue weighted by Crippen LogP contribution is -2.26. The third-order valence-corrected chi connectivity index (χ3v) is 5.27. The summed E-state index contributed by atoms with van der Waals surface area (Å²) in [6.07, 6.45) is 1.39. The molecular formula is C10H15ClN2O3S2. The number of unbranched alkanes of at least 4 members (excludes halogenated alkanes) is 1. The van der Waals surface area contributed by atoms with Gasteiger partial charge in [-0.2, -0.15) is 0 Å². The number of sulfonamides is 1. The SMILES string of the molecule is CC(=O)NCCCCNS(=O)(=O)c1ccc(Cl)s1. The highest BCUT2D eigenvalue weighted by Gasteiger charge is 2.15. The molecule has 0 aliphatic rings. The fourth-order valence-corrected chi connectivity index (χ4v) is 3.84. The van der Waals surface area contributed by atoms with Crippen LogP contribution in [0.3, 0.4) is 0 Å². The van der Waals surface area contributed by atoms with Crippen molar-refractivity contribution in [3.63, 3.8) is 0 Å². The monoisotopic (exact) mass is 310 g/mol. The van der Waals surface area contributed by atoms with Crippen LogP contribution in [0.15, 0.2) is 16.3 Å². The molecule has 102 valence electrons. The van der Waals surface area contributed by atoms with E-state index in [0.29, 0.717) is 23.8 Å². The highest BCUT2D eigenvalue weighted by molar-refractivity contribution is 7.91. The van der Waals surface area contributed by atoms with Gasteiger partial charge in [0.05, 0.1) is 4.34 Å². The quantitative estimate of drug-likeness (QED) is 0.751. The van der Waals surface area contributed by atoms with E-state index in [0.717, 1.165) is 17.8 Å². The molecule has 0 spiro atoms. The van der Waals surface area contributed by atoms with Gasteiger partial charge in [0, 0.05) is 20.0 Å². The first-order valence-corrected chi connectivity index (χ1v) is 8.09. The van der Waals surface area contributed by atoms with Gasteiger partial charge in [0.1, 0.15) is 4.21 Å². The normalized spacial score (nSPS) is 11.4. The van der Waals surface area contributed by atoms with E-state index in [1.54, 1.807) is 6.07 Å². The molecule has 0 aliphatic heterocycles. The van der Waals surface area contributed by atoms with Gasteiger partial charge < -0.3 is 5.32 Å². The van der Waals surface area contributed by atoms with Crippen molar-refractivity contribution < 1.29 is 13.2 Å². The van der Waals surface area contributed by atoms with Crippen LogP contribution in [0, 0.1) is 0 Å². The van der Waals surface area contributed by atoms with E-state index in [2.05, 4.69) is 10.0 Å². The van der Waals surface area contributed by atoms with E-state index in [9.17, 15) is 13.2 Å². The van der Waals surface area contributed by atoms with E-state index in [4.69, 9.17) is 11.6 Å². The van der Waals surface area contributed by atoms with Gasteiger partial charge in [-0.3, -0.25) is 4.79 Å². The number of halogens is 1. The predicted octanol–water partition coefficient (Wildman–Crippen LogP) is 1.60. The van der Waals surface area contributed by atoms with Gasteiger partial charge in [-0.1, -0.05) is 11.6 Å². The van der Waals surface area contributed by atoms with Crippen molar-refractivity contribution in [3.05, 3.63) is 16.5 Å². The van der Waals surface area contributed by atoms with Crippen LogP contribution >= 0.6 is 22.9 Å². The Kier molecular flexibility index (Phi) is 6.07. The lowest BCUT2D eigenvalue weighted by atomic mass is 10.3. The van der Waals surface area contributed by atoms with Crippen LogP contribution in [0.5, 0.6) is 0 Å². The van der Waals surface area contributed by atoms with Gasteiger partial charge in [0.25, 0.3) is 0 Å². The van der Waals surface area contributed by atoms with E-state index in [1.165, 1.54) is 13.0 Å². The first-order valence-electron chi connectivity index (χ1n) is 5.41. The number of hydrogen-bond acceptors (Lipinski definition) is 4. The summed E-state index contributed by atoms with van der Waals surface area (Å²) in [6.45, 7) is 2.35. The van der Waals surface area contributed by atoms with Crippen molar-refractivity contribution in [2.24, 2.45) is 0 Å². The van der Waals surface area contributed by atoms with E-state index < -0.39 is 10.0 Å². The summed E-state index contributed by atoms with van der Waals surface area (Å²) >= 11 is 6.71. The first-order chi connectivity index (χ1) is 8.42. The van der Waals surface area contributed by atoms with Crippen LogP contribution in [0.2, 0.25) is 4.34 Å². The Balaban J connectivity index is 2.28. The number of hydrogen-bond donors (Lipinski definition) is 2. The second-order valence-corrected chi connectivity index (χ2v) is 7.36. The summed E-state index contributed by atoms with van der Waals surface area (Å²) in [7, 11) is -3.45. The fraction of sp³-hybridized carbons (Fsp3) is 0.500. The second kappa shape index (κ2) is 7.08. The first kappa shape index (κ1) is 15.4. The third kappa shape index (κ3) is 5.34. The maximum atomic E-state index is 11.8. The summed E-state index contributed by atoms with van der Waals surface area (Å²) in [4.78, 5) is 10.6. The maximum absolute atomic E-state index is 11.8. The van der Waals surface area contributed by atoms with Gasteiger partial charge in [-0.25, -0.2) is 13.1 Å². The summed E-state index contributed by atoms with van der Waals surface area (Å²) in [6, 6.07) is 3.03. The molecule has 0 saturated heterocycles. The average molecular weight is 311 g/mol. The smallest absolute Gasteiger partial charge is 0.250 e. The zero-order valence-corrected chi connectivity index (χ0v) is 12.3. The summed E-state index contributed by atoms with van der Waals surface area (Å²) in [5.74, 6) is -0.0798. The Morgan fingerprint density at radius 1 is 1.33 bits per heavy atom. The van der Waals surface area contributed by atoms with Crippen LogP contribution in [-0.4, -0.2) is 27.4 Å². The zero-order valence-electron chi connectivity index (χ0n) is 9.90. The standard InChI is InChI=1S/C10H15ClN2O3S2/c1-8(14)12-6-2-3-7-13-18(15,16)10-5-4-9(11)17-10/h4-5,13H,2-3,6-7H2,1H3,(H,12,14). The molecule has 1 aromatic heterocycles. The van der Waals surface area contributed by atoms with Crippen LogP contribution in [-0.2, 0) is 14.8 Å². The van der Waals surface area contributed by atoms with Crippen molar-refractivity contribution in [3.8, 4) is 0 Å². The highest BCUT2D eigenvalue weighted by atomic mass is 35.5. The van der Waals surface area contributed by atoms with Crippen molar-refractivity contribution in [2.75, 3.05) is 13.1 Å². The molecule has 1 amide bonds. The van der Waals surface area contributed by atoms with Crippen LogP contribution in [0.1, 0.15) is 19.8 Å². The molecule has 1 heterocycles. The Morgan fingerprint density at radius 2 is 2.00 bits per heavy atom.